The van der Waals surface area contributed by atoms with E-state index in [1.807, 2.05) is 0 Å². The second-order valence-corrected chi connectivity index (χ2v) is 6.26. The number of hydrogen-bond acceptors (Lipinski definition) is 4. The number of carbonyl (C=O) groups excluding carboxylic acids is 1. The second-order valence-electron chi connectivity index (χ2n) is 6.26. The largest absolute Gasteiger partial charge is 0.383 e. The molecule has 2 saturated heterocycles. The number of ether oxygens (including phenoxy) is 1. The van der Waals surface area contributed by atoms with Crippen molar-refractivity contribution in [3.05, 3.63) is 0 Å². The zero-order valence-corrected chi connectivity index (χ0v) is 13.6. The normalized spacial score (nSPS) is 25.9. The number of likely N-dealkylation sites (tertiary alicyclic amines) is 2. The highest BCUT2D eigenvalue weighted by molar-refractivity contribution is 5.82. The number of carbonyl (C=O) groups is 1. The Morgan fingerprint density at radius 3 is 2.62 bits per heavy atom. The Hall–Kier alpha value is -0.650. The van der Waals surface area contributed by atoms with Crippen LogP contribution in [0.1, 0.15) is 39.0 Å². The predicted octanol–water partition coefficient (Wildman–Crippen LogP) is 1.09. The van der Waals surface area contributed by atoms with Gasteiger partial charge in [0.2, 0.25) is 5.91 Å². The van der Waals surface area contributed by atoms with Crippen molar-refractivity contribution in [3.63, 3.8) is 0 Å². The molecule has 2 aliphatic heterocycles. The highest BCUT2D eigenvalue weighted by Gasteiger charge is 2.29. The SMILES string of the molecule is CCN1CCCCC1C(=O)NC1CCN(CCOC)CC1. The second kappa shape index (κ2) is 8.71. The quantitative estimate of drug-likeness (QED) is 0.797. The summed E-state index contributed by atoms with van der Waals surface area (Å²) in [5.74, 6) is 0.256. The Morgan fingerprint density at radius 1 is 1.19 bits per heavy atom. The minimum Gasteiger partial charge on any atom is -0.383 e. The molecule has 1 atom stereocenters. The van der Waals surface area contributed by atoms with Gasteiger partial charge in [0.15, 0.2) is 0 Å². The van der Waals surface area contributed by atoms with E-state index in [4.69, 9.17) is 4.74 Å². The maximum Gasteiger partial charge on any atom is 0.237 e. The van der Waals surface area contributed by atoms with E-state index < -0.39 is 0 Å². The first-order valence-corrected chi connectivity index (χ1v) is 8.50. The molecule has 0 aromatic heterocycles. The lowest BCUT2D eigenvalue weighted by atomic mass is 9.99. The summed E-state index contributed by atoms with van der Waals surface area (Å²) in [6.07, 6.45) is 5.56. The molecule has 2 aliphatic rings. The summed E-state index contributed by atoms with van der Waals surface area (Å²) >= 11 is 0. The number of piperidine rings is 2. The van der Waals surface area contributed by atoms with Crippen LogP contribution in [0.4, 0.5) is 0 Å². The lowest BCUT2D eigenvalue weighted by Gasteiger charge is -2.36. The molecule has 1 N–H and O–H groups in total. The van der Waals surface area contributed by atoms with Crippen molar-refractivity contribution >= 4 is 5.91 Å². The molecule has 2 rings (SSSR count). The highest BCUT2D eigenvalue weighted by atomic mass is 16.5. The van der Waals surface area contributed by atoms with E-state index in [1.165, 1.54) is 12.8 Å². The van der Waals surface area contributed by atoms with Gasteiger partial charge in [0.25, 0.3) is 0 Å². The number of hydrogen-bond donors (Lipinski definition) is 1. The van der Waals surface area contributed by atoms with Crippen molar-refractivity contribution in [1.82, 2.24) is 15.1 Å². The third-order valence-corrected chi connectivity index (χ3v) is 4.87. The van der Waals surface area contributed by atoms with E-state index >= 15 is 0 Å². The van der Waals surface area contributed by atoms with E-state index in [2.05, 4.69) is 22.0 Å². The molecule has 2 fully saturated rings. The first-order valence-electron chi connectivity index (χ1n) is 8.50. The van der Waals surface area contributed by atoms with Crippen molar-refractivity contribution in [2.24, 2.45) is 0 Å². The van der Waals surface area contributed by atoms with Gasteiger partial charge in [0.1, 0.15) is 0 Å². The smallest absolute Gasteiger partial charge is 0.237 e. The van der Waals surface area contributed by atoms with Gasteiger partial charge in [0.05, 0.1) is 12.6 Å². The van der Waals surface area contributed by atoms with E-state index in [0.29, 0.717) is 6.04 Å². The summed E-state index contributed by atoms with van der Waals surface area (Å²) in [7, 11) is 1.75. The zero-order valence-electron chi connectivity index (χ0n) is 13.6. The Morgan fingerprint density at radius 2 is 1.95 bits per heavy atom. The summed E-state index contributed by atoms with van der Waals surface area (Å²) in [5.41, 5.74) is 0. The van der Waals surface area contributed by atoms with Gasteiger partial charge in [-0.15, -0.1) is 0 Å². The average molecular weight is 297 g/mol. The topological polar surface area (TPSA) is 44.8 Å². The van der Waals surface area contributed by atoms with Crippen LogP contribution < -0.4 is 5.32 Å². The van der Waals surface area contributed by atoms with Gasteiger partial charge in [-0.3, -0.25) is 9.69 Å². The lowest BCUT2D eigenvalue weighted by molar-refractivity contribution is -0.128. The third-order valence-electron chi connectivity index (χ3n) is 4.87. The van der Waals surface area contributed by atoms with Crippen LogP contribution >= 0.6 is 0 Å². The van der Waals surface area contributed by atoms with E-state index in [-0.39, 0.29) is 11.9 Å². The van der Waals surface area contributed by atoms with Gasteiger partial charge in [-0.2, -0.15) is 0 Å². The Kier molecular flexibility index (Phi) is 6.93. The van der Waals surface area contributed by atoms with Crippen molar-refractivity contribution < 1.29 is 9.53 Å². The summed E-state index contributed by atoms with van der Waals surface area (Å²) < 4.78 is 5.12. The predicted molar refractivity (Wildman–Crippen MR) is 84.4 cm³/mol. The Balaban J connectivity index is 1.73. The van der Waals surface area contributed by atoms with Gasteiger partial charge in [-0.1, -0.05) is 13.3 Å². The van der Waals surface area contributed by atoms with Crippen molar-refractivity contribution in [3.8, 4) is 0 Å². The molecule has 5 heteroatoms. The van der Waals surface area contributed by atoms with Crippen LogP contribution in [0.25, 0.3) is 0 Å². The molecule has 1 unspecified atom stereocenters. The van der Waals surface area contributed by atoms with Crippen LogP contribution in [-0.2, 0) is 9.53 Å². The molecule has 0 aromatic rings. The number of rotatable bonds is 6. The molecular weight excluding hydrogens is 266 g/mol. The van der Waals surface area contributed by atoms with Crippen LogP contribution in [0.5, 0.6) is 0 Å². The molecule has 0 spiro atoms. The Bertz CT molecular complexity index is 317. The fourth-order valence-electron chi connectivity index (χ4n) is 3.49. The molecule has 0 bridgehead atoms. The fourth-order valence-corrected chi connectivity index (χ4v) is 3.49. The van der Waals surface area contributed by atoms with Crippen molar-refractivity contribution in [2.45, 2.75) is 51.1 Å². The third kappa shape index (κ3) is 4.94. The number of methoxy groups -OCH3 is 1. The molecule has 0 aromatic carbocycles. The average Bonchev–Trinajstić information content (AvgIpc) is 2.54. The van der Waals surface area contributed by atoms with Gasteiger partial charge < -0.3 is 15.0 Å². The van der Waals surface area contributed by atoms with Crippen LogP contribution in [-0.4, -0.2) is 74.2 Å². The van der Waals surface area contributed by atoms with Crippen molar-refractivity contribution in [2.75, 3.05) is 46.4 Å². The van der Waals surface area contributed by atoms with Crippen LogP contribution in [0, 0.1) is 0 Å². The molecule has 0 radical (unpaired) electrons. The molecular formula is C16H31N3O2. The van der Waals surface area contributed by atoms with Gasteiger partial charge >= 0.3 is 0 Å². The minimum atomic E-state index is 0.107. The van der Waals surface area contributed by atoms with Crippen LogP contribution in [0.15, 0.2) is 0 Å². The van der Waals surface area contributed by atoms with Crippen LogP contribution in [0.2, 0.25) is 0 Å². The molecule has 0 saturated carbocycles. The molecule has 0 aliphatic carbocycles. The monoisotopic (exact) mass is 297 g/mol. The first kappa shape index (κ1) is 16.7. The maximum atomic E-state index is 12.5. The molecule has 2 heterocycles. The van der Waals surface area contributed by atoms with Gasteiger partial charge in [-0.05, 0) is 38.8 Å². The van der Waals surface area contributed by atoms with Crippen LogP contribution in [0.3, 0.4) is 0 Å². The number of nitrogens with zero attached hydrogens (tertiary/aromatic N) is 2. The number of likely N-dealkylation sites (N-methyl/N-ethyl adjacent to an activating group) is 1. The summed E-state index contributed by atoms with van der Waals surface area (Å²) in [4.78, 5) is 17.3. The van der Waals surface area contributed by atoms with E-state index in [0.717, 1.165) is 58.6 Å². The zero-order chi connectivity index (χ0) is 15.1. The lowest BCUT2D eigenvalue weighted by Crippen LogP contribution is -2.53. The first-order chi connectivity index (χ1) is 10.2. The number of amides is 1. The summed E-state index contributed by atoms with van der Waals surface area (Å²) in [5, 5.41) is 3.29. The van der Waals surface area contributed by atoms with Gasteiger partial charge in [0, 0.05) is 32.8 Å². The van der Waals surface area contributed by atoms with Crippen molar-refractivity contribution in [1.29, 1.82) is 0 Å². The van der Waals surface area contributed by atoms with Gasteiger partial charge in [-0.25, -0.2) is 0 Å². The van der Waals surface area contributed by atoms with E-state index in [9.17, 15) is 4.79 Å². The fraction of sp³-hybridized carbons (Fsp3) is 0.938. The maximum absolute atomic E-state index is 12.5. The molecule has 1 amide bonds. The standard InChI is InChI=1S/C16H31N3O2/c1-3-19-9-5-4-6-15(19)16(20)17-14-7-10-18(11-8-14)12-13-21-2/h14-15H,3-13H2,1-2H3,(H,17,20). The Labute approximate surface area is 129 Å². The molecule has 21 heavy (non-hydrogen) atoms. The minimum absolute atomic E-state index is 0.107. The highest BCUT2D eigenvalue weighted by Crippen LogP contribution is 2.18. The molecule has 122 valence electrons. The number of nitrogens with one attached hydrogen (secondary N) is 1. The summed E-state index contributed by atoms with van der Waals surface area (Å²) in [6, 6.07) is 0.465. The molecule has 5 nitrogen and oxygen atoms in total. The van der Waals surface area contributed by atoms with E-state index in [1.54, 1.807) is 7.11 Å². The summed E-state index contributed by atoms with van der Waals surface area (Å²) in [6.45, 7) is 8.14.